The maximum atomic E-state index is 11.1. The molecule has 5 heteroatoms. The quantitative estimate of drug-likeness (QED) is 0.769. The topological polar surface area (TPSA) is 67.2 Å². The smallest absolute Gasteiger partial charge is 0.309 e. The molecule has 5 nitrogen and oxygen atoms in total. The molecule has 0 fully saturated rings. The van der Waals surface area contributed by atoms with Crippen molar-refractivity contribution in [3.05, 3.63) is 30.0 Å². The Morgan fingerprint density at radius 3 is 2.76 bits per heavy atom. The summed E-state index contributed by atoms with van der Waals surface area (Å²) in [6, 6.07) is 8.18. The van der Waals surface area contributed by atoms with Gasteiger partial charge in [-0.2, -0.15) is 5.10 Å². The van der Waals surface area contributed by atoms with Crippen molar-refractivity contribution in [2.45, 2.75) is 40.3 Å². The van der Waals surface area contributed by atoms with E-state index in [2.05, 4.69) is 29.5 Å². The molecule has 0 aliphatic heterocycles. The maximum absolute atomic E-state index is 11.1. The van der Waals surface area contributed by atoms with Gasteiger partial charge in [0, 0.05) is 18.5 Å². The van der Waals surface area contributed by atoms with E-state index in [1.54, 1.807) is 13.8 Å². The van der Waals surface area contributed by atoms with Gasteiger partial charge in [0.2, 0.25) is 0 Å². The molecule has 0 aliphatic carbocycles. The molecule has 1 heterocycles. The molecule has 0 bridgehead atoms. The Hall–Kier alpha value is -1.88. The molecule has 0 amide bonds. The molecular weight excluding hydrogens is 266 g/mol. The summed E-state index contributed by atoms with van der Waals surface area (Å²) in [6.07, 6.45) is 0.592. The number of fused-ring (bicyclic) bond motifs is 1. The molecule has 114 valence electrons. The lowest BCUT2D eigenvalue weighted by atomic mass is 9.90. The van der Waals surface area contributed by atoms with Gasteiger partial charge in [-0.25, -0.2) is 0 Å². The molecule has 0 aliphatic rings. The van der Waals surface area contributed by atoms with Crippen molar-refractivity contribution in [3.8, 4) is 0 Å². The standard InChI is InChI=1S/C16H23N3O2/c1-4-19-14-8-6-5-7-12(14)13(18-19)11-17-10-9-16(2,3)15(20)21/h5-8,17H,4,9-11H2,1-3H3,(H,20,21). The van der Waals surface area contributed by atoms with Gasteiger partial charge in [-0.15, -0.1) is 0 Å². The van der Waals surface area contributed by atoms with E-state index in [0.717, 1.165) is 23.1 Å². The van der Waals surface area contributed by atoms with Crippen LogP contribution in [0.2, 0.25) is 0 Å². The van der Waals surface area contributed by atoms with Gasteiger partial charge < -0.3 is 10.4 Å². The highest BCUT2D eigenvalue weighted by Crippen LogP contribution is 2.20. The molecule has 0 unspecified atom stereocenters. The third-order valence-corrected chi connectivity index (χ3v) is 3.83. The highest BCUT2D eigenvalue weighted by atomic mass is 16.4. The summed E-state index contributed by atoms with van der Waals surface area (Å²) >= 11 is 0. The van der Waals surface area contributed by atoms with E-state index < -0.39 is 11.4 Å². The van der Waals surface area contributed by atoms with Gasteiger partial charge >= 0.3 is 5.97 Å². The van der Waals surface area contributed by atoms with Gasteiger partial charge in [-0.05, 0) is 39.8 Å². The summed E-state index contributed by atoms with van der Waals surface area (Å²) in [5.74, 6) is -0.759. The average Bonchev–Trinajstić information content (AvgIpc) is 2.82. The molecular formula is C16H23N3O2. The van der Waals surface area contributed by atoms with E-state index in [0.29, 0.717) is 19.5 Å². The second-order valence-corrected chi connectivity index (χ2v) is 5.90. The first-order valence-corrected chi connectivity index (χ1v) is 7.34. The monoisotopic (exact) mass is 289 g/mol. The highest BCUT2D eigenvalue weighted by molar-refractivity contribution is 5.81. The molecule has 1 aromatic heterocycles. The van der Waals surface area contributed by atoms with Crippen LogP contribution in [0.4, 0.5) is 0 Å². The summed E-state index contributed by atoms with van der Waals surface area (Å²) in [5.41, 5.74) is 1.46. The maximum Gasteiger partial charge on any atom is 0.309 e. The van der Waals surface area contributed by atoms with Crippen molar-refractivity contribution >= 4 is 16.9 Å². The second-order valence-electron chi connectivity index (χ2n) is 5.90. The fourth-order valence-electron chi connectivity index (χ4n) is 2.28. The molecule has 0 atom stereocenters. The summed E-state index contributed by atoms with van der Waals surface area (Å²) in [5, 5.41) is 18.2. The molecule has 2 N–H and O–H groups in total. The van der Waals surface area contributed by atoms with Gasteiger partial charge in [0.1, 0.15) is 0 Å². The Balaban J connectivity index is 2.00. The molecule has 21 heavy (non-hydrogen) atoms. The number of hydrogen-bond acceptors (Lipinski definition) is 3. The van der Waals surface area contributed by atoms with Crippen LogP contribution in [0.25, 0.3) is 10.9 Å². The Morgan fingerprint density at radius 2 is 2.10 bits per heavy atom. The van der Waals surface area contributed by atoms with Crippen molar-refractivity contribution in [3.63, 3.8) is 0 Å². The van der Waals surface area contributed by atoms with Crippen molar-refractivity contribution in [2.24, 2.45) is 5.41 Å². The number of rotatable bonds is 7. The number of carboxylic acids is 1. The minimum atomic E-state index is -0.759. The number of nitrogens with one attached hydrogen (secondary N) is 1. The number of carbonyl (C=O) groups is 1. The van der Waals surface area contributed by atoms with Gasteiger partial charge in [0.15, 0.2) is 0 Å². The fourth-order valence-corrected chi connectivity index (χ4v) is 2.28. The third-order valence-electron chi connectivity index (χ3n) is 3.83. The van der Waals surface area contributed by atoms with Crippen molar-refractivity contribution in [2.75, 3.05) is 6.54 Å². The lowest BCUT2D eigenvalue weighted by Crippen LogP contribution is -2.28. The normalized spacial score (nSPS) is 12.0. The van der Waals surface area contributed by atoms with E-state index in [1.165, 1.54) is 0 Å². The average molecular weight is 289 g/mol. The predicted octanol–water partition coefficient (Wildman–Crippen LogP) is 2.65. The first-order chi connectivity index (χ1) is 9.95. The van der Waals surface area contributed by atoms with Crippen molar-refractivity contribution in [1.82, 2.24) is 15.1 Å². The molecule has 0 spiro atoms. The third kappa shape index (κ3) is 3.42. The van der Waals surface area contributed by atoms with Crippen LogP contribution in [0, 0.1) is 5.41 Å². The van der Waals surface area contributed by atoms with E-state index >= 15 is 0 Å². The van der Waals surface area contributed by atoms with Crippen LogP contribution >= 0.6 is 0 Å². The molecule has 0 saturated carbocycles. The van der Waals surface area contributed by atoms with E-state index in [-0.39, 0.29) is 0 Å². The Bertz CT molecular complexity index is 631. The minimum absolute atomic E-state index is 0.592. The number of aryl methyl sites for hydroxylation is 1. The lowest BCUT2D eigenvalue weighted by molar-refractivity contribution is -0.147. The SMILES string of the molecule is CCn1nc(CNCCC(C)(C)C(=O)O)c2ccccc21. The zero-order valence-corrected chi connectivity index (χ0v) is 12.9. The lowest BCUT2D eigenvalue weighted by Gasteiger charge is -2.18. The first kappa shape index (κ1) is 15.5. The van der Waals surface area contributed by atoms with Crippen LogP contribution in [0.1, 0.15) is 32.9 Å². The Labute approximate surface area is 125 Å². The van der Waals surface area contributed by atoms with Gasteiger partial charge in [-0.3, -0.25) is 9.48 Å². The van der Waals surface area contributed by atoms with Gasteiger partial charge in [0.25, 0.3) is 0 Å². The van der Waals surface area contributed by atoms with E-state index in [1.807, 2.05) is 16.8 Å². The number of hydrogen-bond donors (Lipinski definition) is 2. The predicted molar refractivity (Wildman–Crippen MR) is 83.1 cm³/mol. The van der Waals surface area contributed by atoms with Crippen LogP contribution in [0.3, 0.4) is 0 Å². The number of carboxylic acid groups (broad SMARTS) is 1. The summed E-state index contributed by atoms with van der Waals surface area (Å²) in [4.78, 5) is 11.1. The van der Waals surface area contributed by atoms with Crippen LogP contribution < -0.4 is 5.32 Å². The Morgan fingerprint density at radius 1 is 1.38 bits per heavy atom. The fraction of sp³-hybridized carbons (Fsp3) is 0.500. The number of aromatic nitrogens is 2. The number of aliphatic carboxylic acids is 1. The summed E-state index contributed by atoms with van der Waals surface area (Å²) in [6.45, 7) is 7.73. The molecule has 0 radical (unpaired) electrons. The first-order valence-electron chi connectivity index (χ1n) is 7.34. The Kier molecular flexibility index (Phi) is 4.63. The molecule has 1 aromatic carbocycles. The zero-order chi connectivity index (χ0) is 15.5. The summed E-state index contributed by atoms with van der Waals surface area (Å²) < 4.78 is 1.99. The van der Waals surface area contributed by atoms with Crippen LogP contribution in [-0.4, -0.2) is 27.4 Å². The van der Waals surface area contributed by atoms with Gasteiger partial charge in [-0.1, -0.05) is 18.2 Å². The number of para-hydroxylation sites is 1. The highest BCUT2D eigenvalue weighted by Gasteiger charge is 2.26. The van der Waals surface area contributed by atoms with E-state index in [9.17, 15) is 4.79 Å². The van der Waals surface area contributed by atoms with E-state index in [4.69, 9.17) is 5.11 Å². The largest absolute Gasteiger partial charge is 0.481 e. The summed E-state index contributed by atoms with van der Waals surface area (Å²) in [7, 11) is 0. The van der Waals surface area contributed by atoms with Crippen LogP contribution in [0.5, 0.6) is 0 Å². The van der Waals surface area contributed by atoms with Crippen LogP contribution in [-0.2, 0) is 17.9 Å². The van der Waals surface area contributed by atoms with Gasteiger partial charge in [0.05, 0.1) is 16.6 Å². The minimum Gasteiger partial charge on any atom is -0.481 e. The zero-order valence-electron chi connectivity index (χ0n) is 12.9. The second kappa shape index (κ2) is 6.26. The molecule has 2 aromatic rings. The number of nitrogens with zero attached hydrogens (tertiary/aromatic N) is 2. The molecule has 2 rings (SSSR count). The van der Waals surface area contributed by atoms with Crippen LogP contribution in [0.15, 0.2) is 24.3 Å². The molecule has 0 saturated heterocycles. The number of benzene rings is 1. The van der Waals surface area contributed by atoms with Crippen molar-refractivity contribution in [1.29, 1.82) is 0 Å². The van der Waals surface area contributed by atoms with Crippen molar-refractivity contribution < 1.29 is 9.90 Å².